The second-order valence-electron chi connectivity index (χ2n) is 5.96. The van der Waals surface area contributed by atoms with Gasteiger partial charge in [0.1, 0.15) is 11.3 Å². The van der Waals surface area contributed by atoms with Gasteiger partial charge in [-0.05, 0) is 69.8 Å². The molecule has 108 valence electrons. The molecule has 0 amide bonds. The summed E-state index contributed by atoms with van der Waals surface area (Å²) in [6.45, 7) is 3.92. The number of nitriles is 1. The summed E-state index contributed by atoms with van der Waals surface area (Å²) in [6, 6.07) is 8.73. The Kier molecular flexibility index (Phi) is 4.67. The standard InChI is InChI=1S/C17H24N2O/c1-13(11-17(2,12-18)19-3)20-16-9-8-14-6-4-5-7-15(14)10-16/h8-10,13,19H,4-7,11H2,1-3H3. The number of hydrogen-bond acceptors (Lipinski definition) is 3. The lowest BCUT2D eigenvalue weighted by atomic mass is 9.91. The number of benzene rings is 1. The summed E-state index contributed by atoms with van der Waals surface area (Å²) >= 11 is 0. The molecule has 0 spiro atoms. The molecule has 2 rings (SSSR count). The van der Waals surface area contributed by atoms with Crippen LogP contribution in [0.5, 0.6) is 5.75 Å². The SMILES string of the molecule is CNC(C)(C#N)CC(C)Oc1ccc2c(c1)CCCC2. The van der Waals surface area contributed by atoms with Gasteiger partial charge >= 0.3 is 0 Å². The quantitative estimate of drug-likeness (QED) is 0.895. The zero-order valence-electron chi connectivity index (χ0n) is 12.7. The zero-order valence-corrected chi connectivity index (χ0v) is 12.7. The van der Waals surface area contributed by atoms with Crippen molar-refractivity contribution in [3.63, 3.8) is 0 Å². The van der Waals surface area contributed by atoms with Gasteiger partial charge in [-0.15, -0.1) is 0 Å². The predicted octanol–water partition coefficient (Wildman–Crippen LogP) is 3.22. The van der Waals surface area contributed by atoms with E-state index in [0.29, 0.717) is 6.42 Å². The molecule has 0 heterocycles. The number of hydrogen-bond donors (Lipinski definition) is 1. The van der Waals surface area contributed by atoms with Crippen LogP contribution in [0.1, 0.15) is 44.2 Å². The molecular weight excluding hydrogens is 248 g/mol. The Labute approximate surface area is 121 Å². The van der Waals surface area contributed by atoms with Crippen LogP contribution in [0.15, 0.2) is 18.2 Å². The molecule has 1 aliphatic rings. The second kappa shape index (κ2) is 6.28. The van der Waals surface area contributed by atoms with E-state index in [2.05, 4.69) is 29.6 Å². The van der Waals surface area contributed by atoms with Crippen molar-refractivity contribution >= 4 is 0 Å². The zero-order chi connectivity index (χ0) is 14.6. The summed E-state index contributed by atoms with van der Waals surface area (Å²) in [5.74, 6) is 0.926. The van der Waals surface area contributed by atoms with Gasteiger partial charge in [0.05, 0.1) is 12.2 Å². The Morgan fingerprint density at radius 3 is 2.70 bits per heavy atom. The van der Waals surface area contributed by atoms with Crippen LogP contribution in [0, 0.1) is 11.3 Å². The lowest BCUT2D eigenvalue weighted by Gasteiger charge is -2.26. The Morgan fingerprint density at radius 1 is 1.35 bits per heavy atom. The fraction of sp³-hybridized carbons (Fsp3) is 0.588. The van der Waals surface area contributed by atoms with Crippen LogP contribution in [0.25, 0.3) is 0 Å². The lowest BCUT2D eigenvalue weighted by molar-refractivity contribution is 0.182. The molecule has 0 aliphatic heterocycles. The Bertz CT molecular complexity index is 506. The average molecular weight is 272 g/mol. The highest BCUT2D eigenvalue weighted by Gasteiger charge is 2.25. The van der Waals surface area contributed by atoms with Crippen molar-refractivity contribution in [3.05, 3.63) is 29.3 Å². The van der Waals surface area contributed by atoms with Gasteiger partial charge in [0, 0.05) is 6.42 Å². The first-order valence-electron chi connectivity index (χ1n) is 7.45. The summed E-state index contributed by atoms with van der Waals surface area (Å²) in [5.41, 5.74) is 2.36. The lowest BCUT2D eigenvalue weighted by Crippen LogP contribution is -2.41. The molecular formula is C17H24N2O. The van der Waals surface area contributed by atoms with Gasteiger partial charge in [-0.1, -0.05) is 6.07 Å². The maximum Gasteiger partial charge on any atom is 0.119 e. The molecule has 2 atom stereocenters. The molecule has 0 saturated carbocycles. The summed E-state index contributed by atoms with van der Waals surface area (Å²) in [6.07, 6.45) is 5.60. The van der Waals surface area contributed by atoms with Crippen LogP contribution in [0.2, 0.25) is 0 Å². The molecule has 1 N–H and O–H groups in total. The van der Waals surface area contributed by atoms with Crippen molar-refractivity contribution in [3.8, 4) is 11.8 Å². The monoisotopic (exact) mass is 272 g/mol. The van der Waals surface area contributed by atoms with Crippen LogP contribution < -0.4 is 10.1 Å². The van der Waals surface area contributed by atoms with Crippen molar-refractivity contribution in [1.29, 1.82) is 5.26 Å². The molecule has 1 aromatic carbocycles. The topological polar surface area (TPSA) is 45.0 Å². The Morgan fingerprint density at radius 2 is 2.05 bits per heavy atom. The van der Waals surface area contributed by atoms with Crippen molar-refractivity contribution in [2.24, 2.45) is 0 Å². The third-order valence-electron chi connectivity index (χ3n) is 4.15. The third kappa shape index (κ3) is 3.52. The first kappa shape index (κ1) is 14.9. The van der Waals surface area contributed by atoms with Crippen molar-refractivity contribution in [1.82, 2.24) is 5.32 Å². The van der Waals surface area contributed by atoms with E-state index in [0.717, 1.165) is 12.2 Å². The highest BCUT2D eigenvalue weighted by Crippen LogP contribution is 2.26. The Hall–Kier alpha value is -1.53. The normalized spacial score (nSPS) is 18.5. The van der Waals surface area contributed by atoms with Crippen molar-refractivity contribution < 1.29 is 4.74 Å². The molecule has 0 bridgehead atoms. The van der Waals surface area contributed by atoms with Gasteiger partial charge in [-0.25, -0.2) is 0 Å². The molecule has 0 fully saturated rings. The molecule has 0 aromatic heterocycles. The maximum absolute atomic E-state index is 9.19. The van der Waals surface area contributed by atoms with Gasteiger partial charge in [0.25, 0.3) is 0 Å². The minimum atomic E-state index is -0.534. The number of rotatable bonds is 5. The third-order valence-corrected chi connectivity index (χ3v) is 4.15. The molecule has 3 nitrogen and oxygen atoms in total. The van der Waals surface area contributed by atoms with E-state index in [9.17, 15) is 5.26 Å². The number of fused-ring (bicyclic) bond motifs is 1. The number of ether oxygens (including phenoxy) is 1. The van der Waals surface area contributed by atoms with Gasteiger partial charge < -0.3 is 10.1 Å². The number of nitrogens with zero attached hydrogens (tertiary/aromatic N) is 1. The largest absolute Gasteiger partial charge is 0.491 e. The number of aryl methyl sites for hydroxylation is 2. The van der Waals surface area contributed by atoms with Gasteiger partial charge in [-0.2, -0.15) is 5.26 Å². The van der Waals surface area contributed by atoms with Gasteiger partial charge in [0.2, 0.25) is 0 Å². The van der Waals surface area contributed by atoms with Crippen LogP contribution in [-0.4, -0.2) is 18.7 Å². The van der Waals surface area contributed by atoms with E-state index >= 15 is 0 Å². The fourth-order valence-corrected chi connectivity index (χ4v) is 2.84. The summed E-state index contributed by atoms with van der Waals surface area (Å²) < 4.78 is 5.99. The van der Waals surface area contributed by atoms with Crippen molar-refractivity contribution in [2.45, 2.75) is 57.6 Å². The summed E-state index contributed by atoms with van der Waals surface area (Å²) in [7, 11) is 1.81. The molecule has 1 aromatic rings. The van der Waals surface area contributed by atoms with Crippen LogP contribution >= 0.6 is 0 Å². The minimum Gasteiger partial charge on any atom is -0.491 e. The highest BCUT2D eigenvalue weighted by atomic mass is 16.5. The van der Waals surface area contributed by atoms with E-state index in [1.54, 1.807) is 0 Å². The van der Waals surface area contributed by atoms with Gasteiger partial charge in [0.15, 0.2) is 0 Å². The number of nitrogens with one attached hydrogen (secondary N) is 1. The molecule has 0 radical (unpaired) electrons. The average Bonchev–Trinajstić information content (AvgIpc) is 2.47. The van der Waals surface area contributed by atoms with E-state index in [1.807, 2.05) is 20.9 Å². The molecule has 1 aliphatic carbocycles. The maximum atomic E-state index is 9.19. The second-order valence-corrected chi connectivity index (χ2v) is 5.96. The van der Waals surface area contributed by atoms with E-state index in [-0.39, 0.29) is 6.10 Å². The van der Waals surface area contributed by atoms with Crippen LogP contribution in [-0.2, 0) is 12.8 Å². The Balaban J connectivity index is 2.01. The van der Waals surface area contributed by atoms with Crippen molar-refractivity contribution in [2.75, 3.05) is 7.05 Å². The van der Waals surface area contributed by atoms with Crippen LogP contribution in [0.4, 0.5) is 0 Å². The molecule has 3 heteroatoms. The summed E-state index contributed by atoms with van der Waals surface area (Å²) in [5, 5.41) is 12.2. The van der Waals surface area contributed by atoms with Gasteiger partial charge in [-0.3, -0.25) is 0 Å². The van der Waals surface area contributed by atoms with Crippen LogP contribution in [0.3, 0.4) is 0 Å². The minimum absolute atomic E-state index is 0.00809. The summed E-state index contributed by atoms with van der Waals surface area (Å²) in [4.78, 5) is 0. The highest BCUT2D eigenvalue weighted by molar-refractivity contribution is 5.37. The van der Waals surface area contributed by atoms with E-state index in [4.69, 9.17) is 4.74 Å². The first-order chi connectivity index (χ1) is 9.56. The first-order valence-corrected chi connectivity index (χ1v) is 7.45. The molecule has 20 heavy (non-hydrogen) atoms. The molecule has 2 unspecified atom stereocenters. The smallest absolute Gasteiger partial charge is 0.119 e. The fourth-order valence-electron chi connectivity index (χ4n) is 2.84. The van der Waals surface area contributed by atoms with E-state index in [1.165, 1.54) is 30.4 Å². The molecule has 0 saturated heterocycles. The van der Waals surface area contributed by atoms with E-state index < -0.39 is 5.54 Å². The predicted molar refractivity (Wildman–Crippen MR) is 80.9 cm³/mol.